The van der Waals surface area contributed by atoms with Crippen LogP contribution in [0.15, 0.2) is 0 Å². The second-order valence-electron chi connectivity index (χ2n) is 5.58. The van der Waals surface area contributed by atoms with Crippen molar-refractivity contribution in [2.75, 3.05) is 5.33 Å². The van der Waals surface area contributed by atoms with Crippen LogP contribution in [0.3, 0.4) is 0 Å². The summed E-state index contributed by atoms with van der Waals surface area (Å²) in [5, 5.41) is 1.21. The van der Waals surface area contributed by atoms with Crippen molar-refractivity contribution >= 4 is 15.9 Å². The molecule has 90 valence electrons. The summed E-state index contributed by atoms with van der Waals surface area (Å²) in [7, 11) is 0. The van der Waals surface area contributed by atoms with E-state index in [1.54, 1.807) is 0 Å². The quantitative estimate of drug-likeness (QED) is 0.382. The predicted octanol–water partition coefficient (Wildman–Crippen LogP) is 5.55. The van der Waals surface area contributed by atoms with Crippen LogP contribution >= 0.6 is 15.9 Å². The Kier molecular flexibility index (Phi) is 6.26. The second kappa shape index (κ2) is 6.93. The maximum Gasteiger partial charge on any atom is 0.00879 e. The van der Waals surface area contributed by atoms with E-state index in [0.717, 1.165) is 5.92 Å². The minimum Gasteiger partial charge on any atom is -0.0922 e. The maximum absolute atomic E-state index is 3.71. The lowest BCUT2D eigenvalue weighted by atomic mass is 9.82. The van der Waals surface area contributed by atoms with Gasteiger partial charge in [-0.15, -0.1) is 0 Å². The smallest absolute Gasteiger partial charge is 0.00879 e. The third kappa shape index (κ3) is 4.89. The zero-order chi connectivity index (χ0) is 11.1. The fourth-order valence-corrected chi connectivity index (χ4v) is 3.21. The Hall–Kier alpha value is 0.480. The molecule has 0 heterocycles. The van der Waals surface area contributed by atoms with E-state index in [9.17, 15) is 0 Å². The second-order valence-corrected chi connectivity index (χ2v) is 6.14. The minimum absolute atomic E-state index is 0.616. The predicted molar refractivity (Wildman–Crippen MR) is 72.6 cm³/mol. The van der Waals surface area contributed by atoms with Crippen molar-refractivity contribution in [1.82, 2.24) is 0 Å². The van der Waals surface area contributed by atoms with E-state index in [1.807, 2.05) is 0 Å². The largest absolute Gasteiger partial charge is 0.0922 e. The van der Waals surface area contributed by atoms with Crippen LogP contribution in [0.4, 0.5) is 0 Å². The summed E-state index contributed by atoms with van der Waals surface area (Å²) in [6.45, 7) is 4.76. The van der Waals surface area contributed by atoms with E-state index in [0.29, 0.717) is 5.41 Å². The van der Waals surface area contributed by atoms with Crippen molar-refractivity contribution in [2.24, 2.45) is 11.3 Å². The van der Waals surface area contributed by atoms with E-state index >= 15 is 0 Å². The number of alkyl halides is 1. The van der Waals surface area contributed by atoms with Crippen LogP contribution in [0.25, 0.3) is 0 Å². The minimum atomic E-state index is 0.616. The summed E-state index contributed by atoms with van der Waals surface area (Å²) in [5.41, 5.74) is 0.616. The van der Waals surface area contributed by atoms with Crippen molar-refractivity contribution in [3.8, 4) is 0 Å². The Morgan fingerprint density at radius 1 is 1.07 bits per heavy atom. The molecule has 1 aliphatic rings. The highest BCUT2D eigenvalue weighted by Crippen LogP contribution is 2.49. The molecule has 0 aliphatic heterocycles. The molecule has 1 rings (SSSR count). The molecule has 1 fully saturated rings. The molecule has 0 aromatic carbocycles. The molecule has 0 spiro atoms. The van der Waals surface area contributed by atoms with Crippen LogP contribution in [0, 0.1) is 11.3 Å². The van der Waals surface area contributed by atoms with Gasteiger partial charge in [-0.25, -0.2) is 0 Å². The molecule has 0 nitrogen and oxygen atoms in total. The summed E-state index contributed by atoms with van der Waals surface area (Å²) in [6.07, 6.45) is 13.0. The molecule has 1 atom stereocenters. The topological polar surface area (TPSA) is 0 Å². The molecule has 0 bridgehead atoms. The van der Waals surface area contributed by atoms with Crippen molar-refractivity contribution in [2.45, 2.75) is 71.6 Å². The van der Waals surface area contributed by atoms with Gasteiger partial charge in [0.05, 0.1) is 0 Å². The van der Waals surface area contributed by atoms with Crippen LogP contribution in [-0.2, 0) is 0 Å². The molecular weight excluding hydrogens is 248 g/mol. The molecule has 1 heteroatoms. The first kappa shape index (κ1) is 13.5. The van der Waals surface area contributed by atoms with Crippen molar-refractivity contribution in [1.29, 1.82) is 0 Å². The zero-order valence-corrected chi connectivity index (χ0v) is 12.1. The summed E-state index contributed by atoms with van der Waals surface area (Å²) >= 11 is 3.71. The highest BCUT2D eigenvalue weighted by Gasteiger charge is 2.39. The molecule has 1 unspecified atom stereocenters. The summed E-state index contributed by atoms with van der Waals surface area (Å²) in [6, 6.07) is 0. The average Bonchev–Trinajstić information content (AvgIpc) is 3.07. The van der Waals surface area contributed by atoms with Crippen LogP contribution in [-0.4, -0.2) is 5.33 Å². The van der Waals surface area contributed by atoms with E-state index in [4.69, 9.17) is 0 Å². The van der Waals surface area contributed by atoms with E-state index in [2.05, 4.69) is 29.8 Å². The summed E-state index contributed by atoms with van der Waals surface area (Å²) in [4.78, 5) is 0. The van der Waals surface area contributed by atoms with Crippen molar-refractivity contribution in [3.63, 3.8) is 0 Å². The highest BCUT2D eigenvalue weighted by atomic mass is 79.9. The lowest BCUT2D eigenvalue weighted by molar-refractivity contribution is 0.281. The van der Waals surface area contributed by atoms with Gasteiger partial charge in [0, 0.05) is 5.33 Å². The summed E-state index contributed by atoms with van der Waals surface area (Å²) in [5.74, 6) is 1.03. The monoisotopic (exact) mass is 274 g/mol. The number of hydrogen-bond donors (Lipinski definition) is 0. The first-order chi connectivity index (χ1) is 7.23. The van der Waals surface area contributed by atoms with Crippen LogP contribution in [0.1, 0.15) is 71.6 Å². The Labute approximate surface area is 104 Å². The fourth-order valence-electron chi connectivity index (χ4n) is 2.47. The van der Waals surface area contributed by atoms with Gasteiger partial charge in [-0.3, -0.25) is 0 Å². The first-order valence-electron chi connectivity index (χ1n) is 6.79. The van der Waals surface area contributed by atoms with Crippen LogP contribution in [0.5, 0.6) is 0 Å². The Morgan fingerprint density at radius 3 is 2.20 bits per heavy atom. The van der Waals surface area contributed by atoms with Crippen LogP contribution in [0.2, 0.25) is 0 Å². The number of unbranched alkanes of at least 4 members (excludes halogenated alkanes) is 5. The SMILES string of the molecule is CCCCCCCCC(C)(CBr)C1CC1. The molecule has 0 saturated heterocycles. The standard InChI is InChI=1S/C14H27Br/c1-3-4-5-6-7-8-11-14(2,12-15)13-9-10-13/h13H,3-12H2,1-2H3. The Balaban J connectivity index is 2.02. The van der Waals surface area contributed by atoms with Crippen molar-refractivity contribution in [3.05, 3.63) is 0 Å². The molecule has 0 amide bonds. The molecule has 0 N–H and O–H groups in total. The number of hydrogen-bond acceptors (Lipinski definition) is 0. The average molecular weight is 275 g/mol. The van der Waals surface area contributed by atoms with Gasteiger partial charge >= 0.3 is 0 Å². The highest BCUT2D eigenvalue weighted by molar-refractivity contribution is 9.09. The molecule has 0 aromatic rings. The fraction of sp³-hybridized carbons (Fsp3) is 1.00. The number of rotatable bonds is 9. The van der Waals surface area contributed by atoms with Gasteiger partial charge in [-0.2, -0.15) is 0 Å². The van der Waals surface area contributed by atoms with Gasteiger partial charge in [-0.05, 0) is 30.6 Å². The Bertz CT molecular complexity index is 163. The normalized spacial score (nSPS) is 20.2. The number of halogens is 1. The Morgan fingerprint density at radius 2 is 1.67 bits per heavy atom. The van der Waals surface area contributed by atoms with Gasteiger partial charge in [-0.1, -0.05) is 68.3 Å². The summed E-state index contributed by atoms with van der Waals surface area (Å²) < 4.78 is 0. The zero-order valence-electron chi connectivity index (χ0n) is 10.5. The molecule has 1 aliphatic carbocycles. The van der Waals surface area contributed by atoms with E-state index in [-0.39, 0.29) is 0 Å². The van der Waals surface area contributed by atoms with E-state index < -0.39 is 0 Å². The van der Waals surface area contributed by atoms with Crippen molar-refractivity contribution < 1.29 is 0 Å². The van der Waals surface area contributed by atoms with Gasteiger partial charge in [0.25, 0.3) is 0 Å². The van der Waals surface area contributed by atoms with Gasteiger partial charge in [0.2, 0.25) is 0 Å². The molecule has 1 saturated carbocycles. The maximum atomic E-state index is 3.71. The van der Waals surface area contributed by atoms with Gasteiger partial charge in [0.15, 0.2) is 0 Å². The lowest BCUT2D eigenvalue weighted by Gasteiger charge is -2.27. The molecule has 0 aromatic heterocycles. The third-order valence-electron chi connectivity index (χ3n) is 3.97. The molecular formula is C14H27Br. The van der Waals surface area contributed by atoms with E-state index in [1.165, 1.54) is 63.1 Å². The van der Waals surface area contributed by atoms with Gasteiger partial charge in [0.1, 0.15) is 0 Å². The first-order valence-corrected chi connectivity index (χ1v) is 7.91. The van der Waals surface area contributed by atoms with Crippen LogP contribution < -0.4 is 0 Å². The molecule has 0 radical (unpaired) electrons. The third-order valence-corrected chi connectivity index (χ3v) is 5.25. The lowest BCUT2D eigenvalue weighted by Crippen LogP contribution is -2.20. The molecule has 15 heavy (non-hydrogen) atoms. The van der Waals surface area contributed by atoms with Gasteiger partial charge < -0.3 is 0 Å².